The lowest BCUT2D eigenvalue weighted by atomic mass is 9.90. The van der Waals surface area contributed by atoms with Crippen LogP contribution >= 0.6 is 0 Å². The Bertz CT molecular complexity index is 875. The second kappa shape index (κ2) is 26.9. The van der Waals surface area contributed by atoms with Crippen LogP contribution < -0.4 is 0 Å². The van der Waals surface area contributed by atoms with Crippen LogP contribution in [-0.4, -0.2) is 53.4 Å². The number of hydrogen-bond acceptors (Lipinski definition) is 7. The number of carbonyl (C=O) groups excluding carboxylic acids is 3. The van der Waals surface area contributed by atoms with Crippen LogP contribution in [0.2, 0.25) is 0 Å². The second-order valence-corrected chi connectivity index (χ2v) is 13.1. The third-order valence-electron chi connectivity index (χ3n) is 8.30. The van der Waals surface area contributed by atoms with E-state index in [-0.39, 0.29) is 43.2 Å². The van der Waals surface area contributed by atoms with Gasteiger partial charge in [-0.2, -0.15) is 0 Å². The highest BCUT2D eigenvalue weighted by Gasteiger charge is 2.26. The summed E-state index contributed by atoms with van der Waals surface area (Å²) in [6.07, 6.45) is 28.2. The molecule has 1 aliphatic rings. The highest BCUT2D eigenvalue weighted by atomic mass is 16.6. The predicted molar refractivity (Wildman–Crippen MR) is 182 cm³/mol. The number of esters is 2. The lowest BCUT2D eigenvalue weighted by Crippen LogP contribution is -2.25. The van der Waals surface area contributed by atoms with Gasteiger partial charge in [-0.15, -0.1) is 0 Å². The molecule has 0 aromatic heterocycles. The van der Waals surface area contributed by atoms with E-state index in [0.29, 0.717) is 19.3 Å². The van der Waals surface area contributed by atoms with Gasteiger partial charge in [-0.1, -0.05) is 128 Å². The molecule has 0 fully saturated rings. The van der Waals surface area contributed by atoms with Crippen molar-refractivity contribution in [3.8, 4) is 0 Å². The third kappa shape index (κ3) is 22.8. The summed E-state index contributed by atoms with van der Waals surface area (Å²) < 4.78 is 10.3. The van der Waals surface area contributed by atoms with Gasteiger partial charge in [0.25, 0.3) is 0 Å². The van der Waals surface area contributed by atoms with E-state index < -0.39 is 18.2 Å². The first kappa shape index (κ1) is 40.8. The van der Waals surface area contributed by atoms with Crippen LogP contribution in [0.25, 0.3) is 0 Å². The van der Waals surface area contributed by atoms with E-state index in [1.807, 2.05) is 24.3 Å². The molecule has 2 N–H and O–H groups in total. The molecule has 0 saturated carbocycles. The van der Waals surface area contributed by atoms with Crippen LogP contribution in [0.15, 0.2) is 36.5 Å². The van der Waals surface area contributed by atoms with Crippen molar-refractivity contribution in [1.82, 2.24) is 0 Å². The first-order chi connectivity index (χ1) is 21.7. The zero-order valence-corrected chi connectivity index (χ0v) is 28.6. The van der Waals surface area contributed by atoms with Crippen LogP contribution in [0.1, 0.15) is 143 Å². The van der Waals surface area contributed by atoms with Gasteiger partial charge in [0.1, 0.15) is 19.3 Å². The average molecular weight is 633 g/mol. The second-order valence-electron chi connectivity index (χ2n) is 13.1. The summed E-state index contributed by atoms with van der Waals surface area (Å²) in [5.41, 5.74) is 0. The largest absolute Gasteiger partial charge is 0.463 e. The number of ketones is 1. The fourth-order valence-electron chi connectivity index (χ4n) is 5.44. The van der Waals surface area contributed by atoms with E-state index in [4.69, 9.17) is 9.47 Å². The quantitative estimate of drug-likeness (QED) is 0.0507. The zero-order valence-electron chi connectivity index (χ0n) is 28.6. The van der Waals surface area contributed by atoms with Crippen molar-refractivity contribution < 1.29 is 34.1 Å². The molecule has 0 saturated heterocycles. The lowest BCUT2D eigenvalue weighted by molar-refractivity contribution is -0.152. The van der Waals surface area contributed by atoms with Crippen molar-refractivity contribution in [2.24, 2.45) is 17.8 Å². The van der Waals surface area contributed by atoms with Crippen molar-refractivity contribution in [3.63, 3.8) is 0 Å². The fourth-order valence-corrected chi connectivity index (χ4v) is 5.44. The van der Waals surface area contributed by atoms with Gasteiger partial charge in [0.15, 0.2) is 5.78 Å². The fraction of sp³-hybridized carbons (Fsp3) is 0.763. The Kier molecular flexibility index (Phi) is 24.4. The number of ether oxygens (including phenoxy) is 2. The van der Waals surface area contributed by atoms with Gasteiger partial charge in [-0.25, -0.2) is 0 Å². The minimum Gasteiger partial charge on any atom is -0.463 e. The van der Waals surface area contributed by atoms with Crippen molar-refractivity contribution in [1.29, 1.82) is 0 Å². The summed E-state index contributed by atoms with van der Waals surface area (Å²) in [4.78, 5) is 36.2. The number of carbonyl (C=O) groups is 3. The van der Waals surface area contributed by atoms with Gasteiger partial charge in [-0.05, 0) is 50.0 Å². The molecule has 7 heteroatoms. The Morgan fingerprint density at radius 2 is 1.38 bits per heavy atom. The van der Waals surface area contributed by atoms with Gasteiger partial charge in [-0.3, -0.25) is 14.4 Å². The van der Waals surface area contributed by atoms with E-state index in [0.717, 1.165) is 57.3 Å². The Morgan fingerprint density at radius 1 is 0.800 bits per heavy atom. The standard InChI is InChI=1S/C38H64O7/c1-4-5-15-22-33(39)26-27-35-32(25-28-36(35)41)21-17-13-14-19-24-38(43)45-30-34(40)29-44-37(42)23-18-12-10-8-6-7-9-11-16-20-31(2)3/h13,17,25-28,31-35,39-40H,4-12,14-16,18-24,29-30H2,1-3H3/b17-13-,27-26+/t32-,33-,34-,35+/m0/s1. The highest BCUT2D eigenvalue weighted by molar-refractivity contribution is 5.95. The summed E-state index contributed by atoms with van der Waals surface area (Å²) in [5, 5.41) is 20.1. The van der Waals surface area contributed by atoms with Crippen molar-refractivity contribution in [3.05, 3.63) is 36.5 Å². The number of rotatable bonds is 28. The molecule has 4 atom stereocenters. The van der Waals surface area contributed by atoms with Crippen LogP contribution in [-0.2, 0) is 23.9 Å². The van der Waals surface area contributed by atoms with Gasteiger partial charge in [0, 0.05) is 18.8 Å². The van der Waals surface area contributed by atoms with E-state index in [2.05, 4.69) is 20.8 Å². The molecule has 0 unspecified atom stereocenters. The summed E-state index contributed by atoms with van der Waals surface area (Å²) in [6.45, 7) is 6.32. The van der Waals surface area contributed by atoms with E-state index in [1.54, 1.807) is 12.2 Å². The topological polar surface area (TPSA) is 110 Å². The normalized spacial score (nSPS) is 18.0. The third-order valence-corrected chi connectivity index (χ3v) is 8.30. The molecule has 0 spiro atoms. The zero-order chi connectivity index (χ0) is 33.1. The van der Waals surface area contributed by atoms with Crippen LogP contribution in [0, 0.1) is 17.8 Å². The molecule has 7 nitrogen and oxygen atoms in total. The van der Waals surface area contributed by atoms with Gasteiger partial charge in [0.05, 0.1) is 6.10 Å². The van der Waals surface area contributed by atoms with Crippen molar-refractivity contribution in [2.75, 3.05) is 13.2 Å². The molecule has 0 aliphatic heterocycles. The molecule has 1 aliphatic carbocycles. The lowest BCUT2D eigenvalue weighted by Gasteiger charge is -2.13. The van der Waals surface area contributed by atoms with Crippen molar-refractivity contribution >= 4 is 17.7 Å². The maximum atomic E-state index is 12.2. The predicted octanol–water partition coefficient (Wildman–Crippen LogP) is 8.37. The summed E-state index contributed by atoms with van der Waals surface area (Å²) in [6, 6.07) is 0. The minimum atomic E-state index is -1.03. The molecular weight excluding hydrogens is 568 g/mol. The van der Waals surface area contributed by atoms with E-state index in [1.165, 1.54) is 44.9 Å². The Labute approximate surface area is 273 Å². The molecule has 1 rings (SSSR count). The molecule has 0 heterocycles. The minimum absolute atomic E-state index is 0.0734. The smallest absolute Gasteiger partial charge is 0.305 e. The molecule has 0 radical (unpaired) electrons. The number of unbranched alkanes of at least 4 members (excludes halogenated alkanes) is 11. The van der Waals surface area contributed by atoms with Crippen LogP contribution in [0.5, 0.6) is 0 Å². The first-order valence-electron chi connectivity index (χ1n) is 18.0. The summed E-state index contributed by atoms with van der Waals surface area (Å²) in [7, 11) is 0. The number of allylic oxidation sites excluding steroid dienone is 5. The summed E-state index contributed by atoms with van der Waals surface area (Å²) in [5.74, 6) is 0.0127. The Balaban J connectivity index is 2.05. The van der Waals surface area contributed by atoms with Gasteiger partial charge >= 0.3 is 11.9 Å². The van der Waals surface area contributed by atoms with Gasteiger partial charge in [0.2, 0.25) is 0 Å². The number of aliphatic hydroxyl groups excluding tert-OH is 2. The molecule has 0 bridgehead atoms. The number of aliphatic hydroxyl groups is 2. The molecule has 0 aromatic carbocycles. The molecule has 258 valence electrons. The monoisotopic (exact) mass is 632 g/mol. The van der Waals surface area contributed by atoms with Gasteiger partial charge < -0.3 is 19.7 Å². The Morgan fingerprint density at radius 3 is 2.00 bits per heavy atom. The maximum absolute atomic E-state index is 12.2. The van der Waals surface area contributed by atoms with Crippen LogP contribution in [0.3, 0.4) is 0 Å². The number of hydrogen-bond donors (Lipinski definition) is 2. The molecule has 0 amide bonds. The molecular formula is C38H64O7. The summed E-state index contributed by atoms with van der Waals surface area (Å²) >= 11 is 0. The maximum Gasteiger partial charge on any atom is 0.305 e. The Hall–Kier alpha value is -2.25. The molecule has 0 aromatic rings. The highest BCUT2D eigenvalue weighted by Crippen LogP contribution is 2.27. The SMILES string of the molecule is CCCCC[C@H](O)/C=C/[C@H]1C(=O)C=C[C@@H]1C/C=C\CCCC(=O)OC[C@@H](O)COC(=O)CCCCCCCCCCCC(C)C. The van der Waals surface area contributed by atoms with Crippen LogP contribution in [0.4, 0.5) is 0 Å². The van der Waals surface area contributed by atoms with E-state index >= 15 is 0 Å². The van der Waals surface area contributed by atoms with Crippen molar-refractivity contribution in [2.45, 2.75) is 155 Å². The first-order valence-corrected chi connectivity index (χ1v) is 18.0. The average Bonchev–Trinajstić information content (AvgIpc) is 3.36. The molecule has 45 heavy (non-hydrogen) atoms. The van der Waals surface area contributed by atoms with E-state index in [9.17, 15) is 24.6 Å².